The first-order valence-electron chi connectivity index (χ1n) is 9.60. The quantitative estimate of drug-likeness (QED) is 0.202. The maximum atomic E-state index is 11.8. The van der Waals surface area contributed by atoms with Gasteiger partial charge in [-0.2, -0.15) is 0 Å². The number of carboxylic acids is 2. The second kappa shape index (κ2) is 16.5. The van der Waals surface area contributed by atoms with Crippen LogP contribution in [0, 0.1) is 0 Å². The Morgan fingerprint density at radius 3 is 1.36 bits per heavy atom. The number of aliphatic carboxylic acids is 2. The van der Waals surface area contributed by atoms with Crippen molar-refractivity contribution in [3.63, 3.8) is 0 Å². The molecule has 0 saturated heterocycles. The molecule has 0 radical (unpaired) electrons. The van der Waals surface area contributed by atoms with E-state index in [4.69, 9.17) is 0 Å². The van der Waals surface area contributed by atoms with Gasteiger partial charge in [0.15, 0.2) is 0 Å². The molecule has 0 heterocycles. The number of carboxylic acid groups (broad SMARTS) is 2. The van der Waals surface area contributed by atoms with Crippen LogP contribution in [-0.4, -0.2) is 57.6 Å². The Hall–Kier alpha value is -1.42. The average molecular weight is 437 g/mol. The predicted octanol–water partition coefficient (Wildman–Crippen LogP) is 2.67. The first-order valence-corrected chi connectivity index (χ1v) is 12.1. The molecule has 0 aliphatic rings. The summed E-state index contributed by atoms with van der Waals surface area (Å²) in [6.07, 6.45) is 5.79. The van der Waals surface area contributed by atoms with Gasteiger partial charge in [-0.15, -0.1) is 0 Å². The summed E-state index contributed by atoms with van der Waals surface area (Å²) in [4.78, 5) is 46.1. The number of amides is 2. The van der Waals surface area contributed by atoms with E-state index in [-0.39, 0.29) is 23.3 Å². The molecule has 0 rings (SSSR count). The summed E-state index contributed by atoms with van der Waals surface area (Å²) in [7, 11) is 2.32. The number of carbonyl (C=O) groups excluding carboxylic acids is 2. The molecule has 2 unspecified atom stereocenters. The van der Waals surface area contributed by atoms with Crippen molar-refractivity contribution >= 4 is 45.3 Å². The molecule has 2 amide bonds. The zero-order chi connectivity index (χ0) is 21.4. The summed E-state index contributed by atoms with van der Waals surface area (Å²) in [5, 5.41) is 23.4. The van der Waals surface area contributed by atoms with Crippen molar-refractivity contribution in [1.82, 2.24) is 10.6 Å². The molecule has 0 aromatic carbocycles. The van der Waals surface area contributed by atoms with E-state index in [9.17, 15) is 29.4 Å². The van der Waals surface area contributed by atoms with Gasteiger partial charge in [0.1, 0.15) is 12.1 Å². The first kappa shape index (κ1) is 26.6. The van der Waals surface area contributed by atoms with Gasteiger partial charge in [-0.3, -0.25) is 9.59 Å². The molecule has 0 fully saturated rings. The molecule has 8 nitrogen and oxygen atoms in total. The maximum absolute atomic E-state index is 11.8. The van der Waals surface area contributed by atoms with E-state index in [1.54, 1.807) is 0 Å². The van der Waals surface area contributed by atoms with Crippen LogP contribution in [0.4, 0.5) is 0 Å². The van der Waals surface area contributed by atoms with Gasteiger partial charge >= 0.3 is 11.9 Å². The van der Waals surface area contributed by atoms with Crippen molar-refractivity contribution in [2.75, 3.05) is 11.5 Å². The number of nitrogens with one attached hydrogen (secondary N) is 2. The van der Waals surface area contributed by atoms with E-state index in [1.807, 2.05) is 13.8 Å². The highest BCUT2D eigenvalue weighted by Crippen LogP contribution is 2.23. The lowest BCUT2D eigenvalue weighted by Crippen LogP contribution is -2.43. The maximum Gasteiger partial charge on any atom is 0.327 e. The van der Waals surface area contributed by atoms with Gasteiger partial charge in [-0.25, -0.2) is 9.59 Å². The molecule has 0 aliphatic carbocycles. The van der Waals surface area contributed by atoms with Crippen LogP contribution in [0.3, 0.4) is 0 Å². The standard InChI is InChI=1S/C18H32N2O6S2/c1-3-5-7-9-15(21)19-13(17(23)24)11-27-28-12-14(18(25)26)20-16(22)10-8-6-4-2/h13-14H,3-12H2,1-2H3,(H,19,21)(H,20,22)(H,23,24)(H,25,26). The molecule has 4 N–H and O–H groups in total. The summed E-state index contributed by atoms with van der Waals surface area (Å²) in [6, 6.07) is -2.06. The summed E-state index contributed by atoms with van der Waals surface area (Å²) >= 11 is 0. The fourth-order valence-electron chi connectivity index (χ4n) is 2.19. The summed E-state index contributed by atoms with van der Waals surface area (Å²) < 4.78 is 0. The molecule has 0 bridgehead atoms. The zero-order valence-electron chi connectivity index (χ0n) is 16.6. The molecule has 0 aromatic rings. The number of unbranched alkanes of at least 4 members (excludes halogenated alkanes) is 4. The van der Waals surface area contributed by atoms with E-state index >= 15 is 0 Å². The van der Waals surface area contributed by atoms with Crippen molar-refractivity contribution in [3.8, 4) is 0 Å². The lowest BCUT2D eigenvalue weighted by Gasteiger charge is -2.16. The van der Waals surface area contributed by atoms with Crippen molar-refractivity contribution in [1.29, 1.82) is 0 Å². The second-order valence-electron chi connectivity index (χ2n) is 6.40. The van der Waals surface area contributed by atoms with E-state index in [1.165, 1.54) is 0 Å². The van der Waals surface area contributed by atoms with Gasteiger partial charge in [0.05, 0.1) is 0 Å². The predicted molar refractivity (Wildman–Crippen MR) is 112 cm³/mol. The first-order chi connectivity index (χ1) is 13.3. The zero-order valence-corrected chi connectivity index (χ0v) is 18.2. The summed E-state index contributed by atoms with van der Waals surface area (Å²) in [6.45, 7) is 4.04. The van der Waals surface area contributed by atoms with Gasteiger partial charge in [-0.1, -0.05) is 61.1 Å². The highest BCUT2D eigenvalue weighted by atomic mass is 33.1. The third-order valence-corrected chi connectivity index (χ3v) is 6.26. The molecule has 0 saturated carbocycles. The fraction of sp³-hybridized carbons (Fsp3) is 0.778. The normalized spacial score (nSPS) is 12.8. The monoisotopic (exact) mass is 436 g/mol. The van der Waals surface area contributed by atoms with Crippen LogP contribution in [-0.2, 0) is 19.2 Å². The van der Waals surface area contributed by atoms with Crippen molar-refractivity contribution in [2.24, 2.45) is 0 Å². The largest absolute Gasteiger partial charge is 0.480 e. The van der Waals surface area contributed by atoms with E-state index < -0.39 is 24.0 Å². The highest BCUT2D eigenvalue weighted by Gasteiger charge is 2.22. The van der Waals surface area contributed by atoms with Crippen LogP contribution in [0.1, 0.15) is 65.2 Å². The van der Waals surface area contributed by atoms with E-state index in [0.717, 1.165) is 60.1 Å². The van der Waals surface area contributed by atoms with Crippen LogP contribution in [0.25, 0.3) is 0 Å². The number of carbonyl (C=O) groups is 4. The molecule has 2 atom stereocenters. The van der Waals surface area contributed by atoms with Crippen LogP contribution in [0.2, 0.25) is 0 Å². The number of hydrogen-bond donors (Lipinski definition) is 4. The van der Waals surface area contributed by atoms with Crippen molar-refractivity contribution in [3.05, 3.63) is 0 Å². The Labute approximate surface area is 174 Å². The minimum atomic E-state index is -1.13. The third-order valence-electron chi connectivity index (χ3n) is 3.83. The summed E-state index contributed by atoms with van der Waals surface area (Å²) in [5.41, 5.74) is 0. The molecule has 162 valence electrons. The topological polar surface area (TPSA) is 133 Å². The Bertz CT molecular complexity index is 460. The lowest BCUT2D eigenvalue weighted by atomic mass is 10.2. The Balaban J connectivity index is 4.28. The van der Waals surface area contributed by atoms with Crippen LogP contribution in [0.5, 0.6) is 0 Å². The Kier molecular flexibility index (Phi) is 15.7. The van der Waals surface area contributed by atoms with Gasteiger partial charge in [0, 0.05) is 24.3 Å². The minimum Gasteiger partial charge on any atom is -0.480 e. The van der Waals surface area contributed by atoms with Crippen molar-refractivity contribution in [2.45, 2.75) is 77.3 Å². The Morgan fingerprint density at radius 2 is 1.07 bits per heavy atom. The van der Waals surface area contributed by atoms with Crippen molar-refractivity contribution < 1.29 is 29.4 Å². The number of hydrogen-bond acceptors (Lipinski definition) is 6. The van der Waals surface area contributed by atoms with E-state index in [0.29, 0.717) is 12.8 Å². The van der Waals surface area contributed by atoms with Gasteiger partial charge < -0.3 is 20.8 Å². The summed E-state index contributed by atoms with van der Waals surface area (Å²) in [5.74, 6) is -2.64. The second-order valence-corrected chi connectivity index (χ2v) is 8.95. The molecular weight excluding hydrogens is 404 g/mol. The van der Waals surface area contributed by atoms with Crippen LogP contribution < -0.4 is 10.6 Å². The van der Waals surface area contributed by atoms with Gasteiger partial charge in [-0.05, 0) is 12.8 Å². The highest BCUT2D eigenvalue weighted by molar-refractivity contribution is 8.76. The smallest absolute Gasteiger partial charge is 0.327 e. The SMILES string of the molecule is CCCCCC(=O)NC(CSSCC(NC(=O)CCCCC)C(=O)O)C(=O)O. The molecular formula is C18H32N2O6S2. The fourth-order valence-corrected chi connectivity index (χ4v) is 4.50. The molecule has 28 heavy (non-hydrogen) atoms. The lowest BCUT2D eigenvalue weighted by molar-refractivity contribution is -0.141. The van der Waals surface area contributed by atoms with Gasteiger partial charge in [0.2, 0.25) is 11.8 Å². The third kappa shape index (κ3) is 13.7. The van der Waals surface area contributed by atoms with Gasteiger partial charge in [0.25, 0.3) is 0 Å². The van der Waals surface area contributed by atoms with E-state index in [2.05, 4.69) is 10.6 Å². The van der Waals surface area contributed by atoms with Crippen LogP contribution in [0.15, 0.2) is 0 Å². The molecule has 0 aromatic heterocycles. The number of rotatable bonds is 17. The average Bonchev–Trinajstić information content (AvgIpc) is 2.63. The molecule has 0 aliphatic heterocycles. The minimum absolute atomic E-state index is 0.107. The van der Waals surface area contributed by atoms with Crippen LogP contribution >= 0.6 is 21.6 Å². The Morgan fingerprint density at radius 1 is 0.714 bits per heavy atom. The molecule has 10 heteroatoms. The molecule has 0 spiro atoms.